The molecular formula is C18H18F2N2O2. The van der Waals surface area contributed by atoms with Gasteiger partial charge < -0.3 is 15.4 Å². The van der Waals surface area contributed by atoms with E-state index in [1.165, 1.54) is 29.8 Å². The Morgan fingerprint density at radius 3 is 2.62 bits per heavy atom. The van der Waals surface area contributed by atoms with Crippen LogP contribution in [0.3, 0.4) is 0 Å². The van der Waals surface area contributed by atoms with Crippen molar-refractivity contribution in [3.63, 3.8) is 0 Å². The summed E-state index contributed by atoms with van der Waals surface area (Å²) < 4.78 is 28.5. The highest BCUT2D eigenvalue weighted by Gasteiger charge is 2.21. The van der Waals surface area contributed by atoms with Gasteiger partial charge in [0.15, 0.2) is 0 Å². The summed E-state index contributed by atoms with van der Waals surface area (Å²) in [7, 11) is 0. The molecule has 2 amide bonds. The van der Waals surface area contributed by atoms with Crippen molar-refractivity contribution in [2.24, 2.45) is 0 Å². The number of alkyl halides is 2. The van der Waals surface area contributed by atoms with E-state index in [1.807, 2.05) is 18.2 Å². The van der Waals surface area contributed by atoms with Crippen LogP contribution in [0.1, 0.15) is 30.0 Å². The van der Waals surface area contributed by atoms with Crippen LogP contribution in [0.25, 0.3) is 0 Å². The highest BCUT2D eigenvalue weighted by Crippen LogP contribution is 2.29. The van der Waals surface area contributed by atoms with E-state index in [-0.39, 0.29) is 17.8 Å². The van der Waals surface area contributed by atoms with Gasteiger partial charge in [0.1, 0.15) is 5.75 Å². The van der Waals surface area contributed by atoms with Gasteiger partial charge in [-0.1, -0.05) is 24.3 Å². The summed E-state index contributed by atoms with van der Waals surface area (Å²) in [5.41, 5.74) is 2.93. The van der Waals surface area contributed by atoms with Gasteiger partial charge in [-0.25, -0.2) is 4.79 Å². The minimum atomic E-state index is -2.86. The molecule has 3 rings (SSSR count). The summed E-state index contributed by atoms with van der Waals surface area (Å²) in [4.78, 5) is 12.2. The molecule has 0 radical (unpaired) electrons. The van der Waals surface area contributed by atoms with Crippen LogP contribution in [0.4, 0.5) is 19.3 Å². The molecule has 126 valence electrons. The first-order valence-electron chi connectivity index (χ1n) is 7.82. The van der Waals surface area contributed by atoms with Crippen LogP contribution in [-0.2, 0) is 6.42 Å². The molecule has 1 unspecified atom stereocenters. The third kappa shape index (κ3) is 4.01. The van der Waals surface area contributed by atoms with Crippen molar-refractivity contribution in [1.82, 2.24) is 5.32 Å². The number of rotatable bonds is 4. The molecule has 1 aliphatic rings. The van der Waals surface area contributed by atoms with Gasteiger partial charge in [0, 0.05) is 5.69 Å². The zero-order chi connectivity index (χ0) is 16.9. The van der Waals surface area contributed by atoms with Gasteiger partial charge in [0.25, 0.3) is 0 Å². The van der Waals surface area contributed by atoms with Gasteiger partial charge in [-0.3, -0.25) is 0 Å². The normalized spacial score (nSPS) is 16.4. The van der Waals surface area contributed by atoms with Crippen molar-refractivity contribution in [3.8, 4) is 5.75 Å². The van der Waals surface area contributed by atoms with Crippen molar-refractivity contribution in [2.45, 2.75) is 31.9 Å². The molecule has 4 nitrogen and oxygen atoms in total. The number of hydrogen-bond acceptors (Lipinski definition) is 2. The maximum absolute atomic E-state index is 12.2. The number of urea groups is 1. The summed E-state index contributed by atoms with van der Waals surface area (Å²) in [6, 6.07) is 13.6. The molecular weight excluding hydrogens is 314 g/mol. The molecule has 2 aromatic rings. The molecule has 6 heteroatoms. The number of benzene rings is 2. The SMILES string of the molecule is O=C(Nc1ccc(OC(F)F)cc1)NC1CCCc2ccccc21. The summed E-state index contributed by atoms with van der Waals surface area (Å²) in [5.74, 6) is 0.0529. The Balaban J connectivity index is 1.60. The molecule has 0 heterocycles. The Kier molecular flexibility index (Phi) is 4.93. The number of ether oxygens (including phenoxy) is 1. The molecule has 1 aliphatic carbocycles. The van der Waals surface area contributed by atoms with Gasteiger partial charge in [-0.05, 0) is 54.7 Å². The largest absolute Gasteiger partial charge is 0.435 e. The number of amides is 2. The zero-order valence-corrected chi connectivity index (χ0v) is 13.0. The second-order valence-electron chi connectivity index (χ2n) is 5.64. The quantitative estimate of drug-likeness (QED) is 0.867. The highest BCUT2D eigenvalue weighted by atomic mass is 19.3. The van der Waals surface area contributed by atoms with E-state index < -0.39 is 6.61 Å². The second kappa shape index (κ2) is 7.29. The van der Waals surface area contributed by atoms with Gasteiger partial charge in [0.2, 0.25) is 0 Å². The summed E-state index contributed by atoms with van der Waals surface area (Å²) in [5, 5.41) is 5.68. The number of aryl methyl sites for hydroxylation is 1. The van der Waals surface area contributed by atoms with E-state index in [2.05, 4.69) is 21.4 Å². The number of fused-ring (bicyclic) bond motifs is 1. The second-order valence-corrected chi connectivity index (χ2v) is 5.64. The molecule has 0 aromatic heterocycles. The van der Waals surface area contributed by atoms with Crippen molar-refractivity contribution in [2.75, 3.05) is 5.32 Å². The molecule has 2 aromatic carbocycles. The lowest BCUT2D eigenvalue weighted by Gasteiger charge is -2.26. The van der Waals surface area contributed by atoms with E-state index >= 15 is 0 Å². The highest BCUT2D eigenvalue weighted by molar-refractivity contribution is 5.89. The molecule has 0 fully saturated rings. The fourth-order valence-electron chi connectivity index (χ4n) is 2.95. The van der Waals surface area contributed by atoms with Crippen LogP contribution in [0.15, 0.2) is 48.5 Å². The lowest BCUT2D eigenvalue weighted by atomic mass is 9.88. The van der Waals surface area contributed by atoms with E-state index in [9.17, 15) is 13.6 Å². The fourth-order valence-corrected chi connectivity index (χ4v) is 2.95. The monoisotopic (exact) mass is 332 g/mol. The van der Waals surface area contributed by atoms with Gasteiger partial charge >= 0.3 is 12.6 Å². The lowest BCUT2D eigenvalue weighted by Crippen LogP contribution is -2.34. The maximum atomic E-state index is 12.2. The molecule has 0 saturated heterocycles. The Labute approximate surface area is 138 Å². The average molecular weight is 332 g/mol. The Hall–Kier alpha value is -2.63. The van der Waals surface area contributed by atoms with Crippen LogP contribution in [0, 0.1) is 0 Å². The Morgan fingerprint density at radius 2 is 1.88 bits per heavy atom. The predicted octanol–water partition coefficient (Wildman–Crippen LogP) is 4.49. The number of anilines is 1. The third-order valence-corrected chi connectivity index (χ3v) is 4.01. The minimum Gasteiger partial charge on any atom is -0.435 e. The van der Waals surface area contributed by atoms with Crippen LogP contribution in [0.5, 0.6) is 5.75 Å². The predicted molar refractivity (Wildman–Crippen MR) is 87.3 cm³/mol. The van der Waals surface area contributed by atoms with Crippen LogP contribution >= 0.6 is 0 Å². The molecule has 0 spiro atoms. The molecule has 1 atom stereocenters. The van der Waals surface area contributed by atoms with E-state index in [4.69, 9.17) is 0 Å². The maximum Gasteiger partial charge on any atom is 0.387 e. The fraction of sp³-hybridized carbons (Fsp3) is 0.278. The molecule has 0 saturated carbocycles. The standard InChI is InChI=1S/C18H18F2N2O2/c19-17(20)24-14-10-8-13(9-11-14)21-18(23)22-16-7-3-5-12-4-1-2-6-15(12)16/h1-2,4,6,8-11,16-17H,3,5,7H2,(H2,21,22,23). The van der Waals surface area contributed by atoms with Crippen molar-refractivity contribution >= 4 is 11.7 Å². The van der Waals surface area contributed by atoms with Crippen LogP contribution in [-0.4, -0.2) is 12.6 Å². The smallest absolute Gasteiger partial charge is 0.387 e. The number of hydrogen-bond donors (Lipinski definition) is 2. The topological polar surface area (TPSA) is 50.4 Å². The molecule has 0 aliphatic heterocycles. The van der Waals surface area contributed by atoms with Crippen LogP contribution < -0.4 is 15.4 Å². The van der Waals surface area contributed by atoms with Crippen molar-refractivity contribution in [1.29, 1.82) is 0 Å². The summed E-state index contributed by atoms with van der Waals surface area (Å²) in [6.07, 6.45) is 2.95. The van der Waals surface area contributed by atoms with Crippen molar-refractivity contribution < 1.29 is 18.3 Å². The van der Waals surface area contributed by atoms with Gasteiger partial charge in [-0.2, -0.15) is 8.78 Å². The van der Waals surface area contributed by atoms with Crippen LogP contribution in [0.2, 0.25) is 0 Å². The first-order valence-corrected chi connectivity index (χ1v) is 7.82. The van der Waals surface area contributed by atoms with E-state index in [0.717, 1.165) is 24.8 Å². The molecule has 0 bridgehead atoms. The minimum absolute atomic E-state index is 0.0172. The van der Waals surface area contributed by atoms with E-state index in [0.29, 0.717) is 5.69 Å². The number of nitrogens with one attached hydrogen (secondary N) is 2. The number of carbonyl (C=O) groups excluding carboxylic acids is 1. The summed E-state index contributed by atoms with van der Waals surface area (Å²) in [6.45, 7) is -2.86. The first kappa shape index (κ1) is 16.2. The number of halogens is 2. The van der Waals surface area contributed by atoms with Crippen molar-refractivity contribution in [3.05, 3.63) is 59.7 Å². The lowest BCUT2D eigenvalue weighted by molar-refractivity contribution is -0.0498. The number of carbonyl (C=O) groups is 1. The first-order chi connectivity index (χ1) is 11.6. The average Bonchev–Trinajstić information content (AvgIpc) is 2.56. The summed E-state index contributed by atoms with van der Waals surface area (Å²) >= 11 is 0. The Morgan fingerprint density at radius 1 is 1.12 bits per heavy atom. The van der Waals surface area contributed by atoms with Gasteiger partial charge in [-0.15, -0.1) is 0 Å². The third-order valence-electron chi connectivity index (χ3n) is 4.01. The molecule has 2 N–H and O–H groups in total. The Bertz CT molecular complexity index is 704. The van der Waals surface area contributed by atoms with Gasteiger partial charge in [0.05, 0.1) is 6.04 Å². The zero-order valence-electron chi connectivity index (χ0n) is 13.0. The molecule has 24 heavy (non-hydrogen) atoms. The van der Waals surface area contributed by atoms with E-state index in [1.54, 1.807) is 0 Å².